The number of hydrogen-bond acceptors (Lipinski definition) is 4. The second kappa shape index (κ2) is 11.2. The molecule has 0 heterocycles. The minimum Gasteiger partial charge on any atom is -0.481 e. The largest absolute Gasteiger partial charge is 0.481 e. The number of aliphatic carboxylic acids is 1. The molecular formula is C28H32N2O5. The van der Waals surface area contributed by atoms with Crippen molar-refractivity contribution in [1.82, 2.24) is 10.6 Å². The van der Waals surface area contributed by atoms with Crippen molar-refractivity contribution in [2.24, 2.45) is 5.92 Å². The number of alkyl carbamates (subject to hydrolysis) is 1. The SMILES string of the molecule is C=CCCC(NC(=O)OCC1c2ccccc2-c2ccccc21)C(=O)N[C@@H]1CC[C@H](CC(=O)O)C1. The maximum Gasteiger partial charge on any atom is 0.407 e. The highest BCUT2D eigenvalue weighted by molar-refractivity contribution is 5.86. The highest BCUT2D eigenvalue weighted by Crippen LogP contribution is 2.44. The van der Waals surface area contributed by atoms with Gasteiger partial charge in [-0.2, -0.15) is 0 Å². The molecular weight excluding hydrogens is 444 g/mol. The second-order valence-electron chi connectivity index (χ2n) is 9.37. The van der Waals surface area contributed by atoms with Gasteiger partial charge in [-0.25, -0.2) is 4.79 Å². The molecule has 3 atom stereocenters. The van der Waals surface area contributed by atoms with Gasteiger partial charge in [0.25, 0.3) is 0 Å². The van der Waals surface area contributed by atoms with Gasteiger partial charge in [0.1, 0.15) is 12.6 Å². The molecule has 2 aromatic carbocycles. The molecule has 0 radical (unpaired) electrons. The first kappa shape index (κ1) is 24.5. The van der Waals surface area contributed by atoms with E-state index in [4.69, 9.17) is 9.84 Å². The van der Waals surface area contributed by atoms with E-state index < -0.39 is 18.1 Å². The van der Waals surface area contributed by atoms with Crippen LogP contribution in [0.3, 0.4) is 0 Å². The van der Waals surface area contributed by atoms with Gasteiger partial charge in [0.2, 0.25) is 5.91 Å². The molecule has 2 aliphatic rings. The number of ether oxygens (including phenoxy) is 1. The van der Waals surface area contributed by atoms with Crippen LogP contribution in [-0.2, 0) is 14.3 Å². The normalized spacial score (nSPS) is 19.3. The summed E-state index contributed by atoms with van der Waals surface area (Å²) >= 11 is 0. The maximum atomic E-state index is 12.9. The predicted molar refractivity (Wildman–Crippen MR) is 133 cm³/mol. The van der Waals surface area contributed by atoms with Crippen molar-refractivity contribution in [2.45, 2.75) is 56.5 Å². The van der Waals surface area contributed by atoms with Crippen molar-refractivity contribution in [1.29, 1.82) is 0 Å². The molecule has 0 aromatic heterocycles. The van der Waals surface area contributed by atoms with Crippen LogP contribution in [0.15, 0.2) is 61.2 Å². The fourth-order valence-corrected chi connectivity index (χ4v) is 5.28. The van der Waals surface area contributed by atoms with Gasteiger partial charge in [-0.1, -0.05) is 54.6 Å². The first-order valence-corrected chi connectivity index (χ1v) is 12.2. The number of fused-ring (bicyclic) bond motifs is 3. The summed E-state index contributed by atoms with van der Waals surface area (Å²) in [7, 11) is 0. The summed E-state index contributed by atoms with van der Waals surface area (Å²) in [6.45, 7) is 3.89. The molecule has 1 fully saturated rings. The van der Waals surface area contributed by atoms with Crippen molar-refractivity contribution in [3.8, 4) is 11.1 Å². The molecule has 184 valence electrons. The zero-order valence-electron chi connectivity index (χ0n) is 19.7. The highest BCUT2D eigenvalue weighted by atomic mass is 16.5. The zero-order valence-corrected chi connectivity index (χ0v) is 19.7. The molecule has 0 aliphatic heterocycles. The molecule has 2 amide bonds. The second-order valence-corrected chi connectivity index (χ2v) is 9.37. The third-order valence-electron chi connectivity index (χ3n) is 6.96. The number of carbonyl (C=O) groups is 3. The van der Waals surface area contributed by atoms with E-state index in [1.54, 1.807) is 6.08 Å². The summed E-state index contributed by atoms with van der Waals surface area (Å²) in [6, 6.07) is 15.4. The molecule has 3 N–H and O–H groups in total. The maximum absolute atomic E-state index is 12.9. The minimum absolute atomic E-state index is 0.0572. The molecule has 1 unspecified atom stereocenters. The number of benzene rings is 2. The van der Waals surface area contributed by atoms with Crippen LogP contribution >= 0.6 is 0 Å². The Kier molecular flexibility index (Phi) is 7.85. The van der Waals surface area contributed by atoms with Crippen LogP contribution < -0.4 is 10.6 Å². The van der Waals surface area contributed by atoms with Crippen molar-refractivity contribution < 1.29 is 24.2 Å². The first-order chi connectivity index (χ1) is 17.0. The van der Waals surface area contributed by atoms with E-state index in [1.165, 1.54) is 0 Å². The van der Waals surface area contributed by atoms with E-state index in [0.29, 0.717) is 19.3 Å². The number of carboxylic acids is 1. The van der Waals surface area contributed by atoms with Gasteiger partial charge in [0.05, 0.1) is 0 Å². The average Bonchev–Trinajstić information content (AvgIpc) is 3.41. The van der Waals surface area contributed by atoms with Crippen LogP contribution in [0.1, 0.15) is 55.6 Å². The number of allylic oxidation sites excluding steroid dienone is 1. The summed E-state index contributed by atoms with van der Waals surface area (Å²) in [5.41, 5.74) is 4.55. The lowest BCUT2D eigenvalue weighted by molar-refractivity contribution is -0.138. The van der Waals surface area contributed by atoms with Crippen LogP contribution in [0.4, 0.5) is 4.79 Å². The summed E-state index contributed by atoms with van der Waals surface area (Å²) in [4.78, 5) is 36.6. The number of carboxylic acid groups (broad SMARTS) is 1. The Morgan fingerprint density at radius 2 is 1.71 bits per heavy atom. The standard InChI is InChI=1S/C28H32N2O5/c1-2-3-12-25(27(33)29-19-14-13-18(15-19)16-26(31)32)30-28(34)35-17-24-22-10-6-4-8-20(22)21-9-5-7-11-23(21)24/h2,4-11,18-19,24-25H,1,3,12-17H2,(H,29,33)(H,30,34)(H,31,32)/t18-,19+,25?/m0/s1. The Bertz CT molecular complexity index is 1050. The van der Waals surface area contributed by atoms with E-state index in [0.717, 1.165) is 35.1 Å². The molecule has 7 nitrogen and oxygen atoms in total. The van der Waals surface area contributed by atoms with Gasteiger partial charge in [-0.05, 0) is 60.3 Å². The molecule has 0 spiro atoms. The Morgan fingerprint density at radius 3 is 2.34 bits per heavy atom. The van der Waals surface area contributed by atoms with Crippen molar-refractivity contribution >= 4 is 18.0 Å². The fraction of sp³-hybridized carbons (Fsp3) is 0.393. The molecule has 7 heteroatoms. The number of carbonyl (C=O) groups excluding carboxylic acids is 2. The van der Waals surface area contributed by atoms with E-state index in [-0.39, 0.29) is 36.8 Å². The van der Waals surface area contributed by atoms with Crippen LogP contribution in [0, 0.1) is 5.92 Å². The molecule has 35 heavy (non-hydrogen) atoms. The first-order valence-electron chi connectivity index (χ1n) is 12.2. The van der Waals surface area contributed by atoms with E-state index in [1.807, 2.05) is 24.3 Å². The number of nitrogens with one attached hydrogen (secondary N) is 2. The highest BCUT2D eigenvalue weighted by Gasteiger charge is 2.31. The quantitative estimate of drug-likeness (QED) is 0.434. The van der Waals surface area contributed by atoms with Gasteiger partial charge in [-0.3, -0.25) is 9.59 Å². The lowest BCUT2D eigenvalue weighted by atomic mass is 9.98. The van der Waals surface area contributed by atoms with Gasteiger partial charge in [-0.15, -0.1) is 6.58 Å². The van der Waals surface area contributed by atoms with Gasteiger partial charge in [0.15, 0.2) is 0 Å². The van der Waals surface area contributed by atoms with Crippen LogP contribution in [0.2, 0.25) is 0 Å². The monoisotopic (exact) mass is 476 g/mol. The Labute approximate surface area is 205 Å². The van der Waals surface area contributed by atoms with E-state index in [2.05, 4.69) is 41.5 Å². The summed E-state index contributed by atoms with van der Waals surface area (Å²) in [6.07, 6.45) is 4.31. The van der Waals surface area contributed by atoms with Crippen LogP contribution in [-0.4, -0.2) is 41.8 Å². The molecule has 2 aromatic rings. The minimum atomic E-state index is -0.817. The third kappa shape index (κ3) is 5.91. The lowest BCUT2D eigenvalue weighted by Gasteiger charge is -2.21. The Morgan fingerprint density at radius 1 is 1.06 bits per heavy atom. The van der Waals surface area contributed by atoms with E-state index >= 15 is 0 Å². The molecule has 0 saturated heterocycles. The predicted octanol–water partition coefficient (Wildman–Crippen LogP) is 4.62. The average molecular weight is 477 g/mol. The Balaban J connectivity index is 1.35. The molecule has 2 aliphatic carbocycles. The lowest BCUT2D eigenvalue weighted by Crippen LogP contribution is -2.49. The molecule has 1 saturated carbocycles. The fourth-order valence-electron chi connectivity index (χ4n) is 5.28. The van der Waals surface area contributed by atoms with Crippen LogP contribution in [0.5, 0.6) is 0 Å². The van der Waals surface area contributed by atoms with Crippen molar-refractivity contribution in [2.75, 3.05) is 6.61 Å². The number of hydrogen-bond donors (Lipinski definition) is 3. The third-order valence-corrected chi connectivity index (χ3v) is 6.96. The van der Waals surface area contributed by atoms with Crippen molar-refractivity contribution in [3.05, 3.63) is 72.3 Å². The smallest absolute Gasteiger partial charge is 0.407 e. The van der Waals surface area contributed by atoms with Gasteiger partial charge >= 0.3 is 12.1 Å². The number of amides is 2. The zero-order chi connectivity index (χ0) is 24.8. The number of rotatable bonds is 10. The van der Waals surface area contributed by atoms with Crippen molar-refractivity contribution in [3.63, 3.8) is 0 Å². The topological polar surface area (TPSA) is 105 Å². The molecule has 0 bridgehead atoms. The summed E-state index contributed by atoms with van der Waals surface area (Å²) < 4.78 is 5.61. The van der Waals surface area contributed by atoms with Crippen LogP contribution in [0.25, 0.3) is 11.1 Å². The van der Waals surface area contributed by atoms with E-state index in [9.17, 15) is 14.4 Å². The van der Waals surface area contributed by atoms with Gasteiger partial charge in [0, 0.05) is 18.4 Å². The molecule has 4 rings (SSSR count). The summed E-state index contributed by atoms with van der Waals surface area (Å²) in [5, 5.41) is 14.7. The summed E-state index contributed by atoms with van der Waals surface area (Å²) in [5.74, 6) is -1.08. The van der Waals surface area contributed by atoms with Gasteiger partial charge < -0.3 is 20.5 Å². The Hall–Kier alpha value is -3.61.